The summed E-state index contributed by atoms with van der Waals surface area (Å²) in [4.78, 5) is 14.1. The molecule has 4 aromatic rings. The van der Waals surface area contributed by atoms with Crippen LogP contribution in [0.4, 0.5) is 0 Å². The zero-order chi connectivity index (χ0) is 26.9. The summed E-state index contributed by atoms with van der Waals surface area (Å²) in [7, 11) is 1.65. The van der Waals surface area contributed by atoms with E-state index in [1.54, 1.807) is 7.11 Å². The van der Waals surface area contributed by atoms with Crippen LogP contribution in [-0.4, -0.2) is 30.6 Å². The number of methoxy groups -OCH3 is 1. The molecule has 0 amide bonds. The van der Waals surface area contributed by atoms with Crippen molar-refractivity contribution in [3.05, 3.63) is 138 Å². The van der Waals surface area contributed by atoms with Crippen molar-refractivity contribution in [2.75, 3.05) is 13.7 Å². The van der Waals surface area contributed by atoms with E-state index in [0.717, 1.165) is 11.1 Å². The molecule has 39 heavy (non-hydrogen) atoms. The second-order valence-corrected chi connectivity index (χ2v) is 11.0. The molecule has 4 nitrogen and oxygen atoms in total. The zero-order valence-corrected chi connectivity index (χ0v) is 22.3. The lowest BCUT2D eigenvalue weighted by Crippen LogP contribution is -2.56. The number of Topliss-reactive ketones (excluding diaryl/α,β-unsaturated/α-hetero) is 1. The molecule has 4 heteroatoms. The normalized spacial score (nSPS) is 25.5. The molecule has 2 N–H and O–H groups in total. The first-order valence-electron chi connectivity index (χ1n) is 13.8. The number of aliphatic hydroxyl groups is 1. The first kappa shape index (κ1) is 25.5. The number of ether oxygens (including phenoxy) is 1. The van der Waals surface area contributed by atoms with E-state index in [9.17, 15) is 9.90 Å². The number of fused-ring (bicyclic) bond motifs is 1. The number of hydrogen-bond donors (Lipinski definition) is 2. The average Bonchev–Trinajstić information content (AvgIpc) is 3.46. The van der Waals surface area contributed by atoms with E-state index in [1.807, 2.05) is 66.7 Å². The van der Waals surface area contributed by atoms with Crippen LogP contribution in [0.5, 0.6) is 5.75 Å². The van der Waals surface area contributed by atoms with Crippen LogP contribution in [0.3, 0.4) is 0 Å². The fraction of sp³-hybridized carbons (Fsp3) is 0.286. The van der Waals surface area contributed by atoms with E-state index in [4.69, 9.17) is 4.74 Å². The number of nitrogens with one attached hydrogen (secondary N) is 1. The summed E-state index contributed by atoms with van der Waals surface area (Å²) in [5.41, 5.74) is 2.61. The van der Waals surface area contributed by atoms with E-state index in [1.165, 1.54) is 11.1 Å². The molecule has 1 aliphatic heterocycles. The molecule has 1 saturated carbocycles. The Morgan fingerprint density at radius 3 is 2.00 bits per heavy atom. The molecule has 0 spiro atoms. The third-order valence-corrected chi connectivity index (χ3v) is 9.15. The van der Waals surface area contributed by atoms with Crippen molar-refractivity contribution in [3.63, 3.8) is 0 Å². The molecule has 4 atom stereocenters. The van der Waals surface area contributed by atoms with Crippen LogP contribution in [-0.2, 0) is 22.2 Å². The van der Waals surface area contributed by atoms with Crippen molar-refractivity contribution in [1.82, 2.24) is 5.32 Å². The van der Waals surface area contributed by atoms with E-state index in [0.29, 0.717) is 31.6 Å². The molecule has 4 aromatic carbocycles. The average molecular weight is 518 g/mol. The van der Waals surface area contributed by atoms with Crippen molar-refractivity contribution < 1.29 is 14.6 Å². The molecule has 6 rings (SSSR count). The third kappa shape index (κ3) is 4.28. The lowest BCUT2D eigenvalue weighted by molar-refractivity contribution is -0.125. The van der Waals surface area contributed by atoms with Crippen molar-refractivity contribution in [2.24, 2.45) is 11.8 Å². The Kier molecular flexibility index (Phi) is 6.84. The Hall–Kier alpha value is -3.73. The van der Waals surface area contributed by atoms with E-state index in [2.05, 4.69) is 53.8 Å². The van der Waals surface area contributed by atoms with E-state index in [-0.39, 0.29) is 17.6 Å². The third-order valence-electron chi connectivity index (χ3n) is 9.15. The number of rotatable bonds is 7. The second-order valence-electron chi connectivity index (χ2n) is 11.0. The highest BCUT2D eigenvalue weighted by Gasteiger charge is 2.63. The smallest absolute Gasteiger partial charge is 0.154 e. The minimum Gasteiger partial charge on any atom is -0.496 e. The van der Waals surface area contributed by atoms with Gasteiger partial charge >= 0.3 is 0 Å². The van der Waals surface area contributed by atoms with Crippen LogP contribution in [0.2, 0.25) is 0 Å². The summed E-state index contributed by atoms with van der Waals surface area (Å²) >= 11 is 0. The van der Waals surface area contributed by atoms with Gasteiger partial charge in [0.2, 0.25) is 0 Å². The highest BCUT2D eigenvalue weighted by atomic mass is 16.5. The maximum absolute atomic E-state index is 14.1. The van der Waals surface area contributed by atoms with Crippen molar-refractivity contribution in [3.8, 4) is 5.75 Å². The Labute approximate surface area is 230 Å². The number of carbonyl (C=O) groups excluding carboxylic acids is 1. The number of benzene rings is 4. The van der Waals surface area contributed by atoms with Gasteiger partial charge in [-0.1, -0.05) is 109 Å². The van der Waals surface area contributed by atoms with Crippen LogP contribution >= 0.6 is 0 Å². The topological polar surface area (TPSA) is 58.6 Å². The predicted octanol–water partition coefficient (Wildman–Crippen LogP) is 5.68. The van der Waals surface area contributed by atoms with Gasteiger partial charge in [0.25, 0.3) is 0 Å². The number of para-hydroxylation sites is 1. The van der Waals surface area contributed by atoms with Crippen LogP contribution in [0, 0.1) is 11.8 Å². The molecule has 1 aliphatic carbocycles. The fourth-order valence-electron chi connectivity index (χ4n) is 7.44. The molecule has 1 heterocycles. The molecule has 0 bridgehead atoms. The van der Waals surface area contributed by atoms with Gasteiger partial charge in [0.15, 0.2) is 5.78 Å². The summed E-state index contributed by atoms with van der Waals surface area (Å²) in [6, 6.07) is 38.5. The van der Waals surface area contributed by atoms with Gasteiger partial charge in [-0.2, -0.15) is 0 Å². The highest BCUT2D eigenvalue weighted by molar-refractivity contribution is 5.87. The molecule has 198 valence electrons. The van der Waals surface area contributed by atoms with Crippen LogP contribution in [0.1, 0.15) is 35.1 Å². The quantitative estimate of drug-likeness (QED) is 0.331. The Morgan fingerprint density at radius 2 is 1.38 bits per heavy atom. The van der Waals surface area contributed by atoms with E-state index < -0.39 is 17.1 Å². The maximum atomic E-state index is 14.1. The Balaban J connectivity index is 1.53. The molecule has 4 unspecified atom stereocenters. The van der Waals surface area contributed by atoms with Gasteiger partial charge in [-0.25, -0.2) is 0 Å². The maximum Gasteiger partial charge on any atom is 0.154 e. The summed E-state index contributed by atoms with van der Waals surface area (Å²) < 4.78 is 5.74. The molecule has 1 saturated heterocycles. The molecule has 0 aromatic heterocycles. The largest absolute Gasteiger partial charge is 0.496 e. The highest BCUT2D eigenvalue weighted by Crippen LogP contribution is 2.60. The number of hydrogen-bond acceptors (Lipinski definition) is 4. The second kappa shape index (κ2) is 10.4. The molecule has 0 radical (unpaired) electrons. The molecule has 2 aliphatic rings. The lowest BCUT2D eigenvalue weighted by Gasteiger charge is -2.54. The number of ketones is 1. The first-order valence-corrected chi connectivity index (χ1v) is 13.8. The van der Waals surface area contributed by atoms with E-state index >= 15 is 0 Å². The summed E-state index contributed by atoms with van der Waals surface area (Å²) in [5.74, 6) is 0.480. The van der Waals surface area contributed by atoms with Crippen molar-refractivity contribution in [2.45, 2.75) is 36.3 Å². The van der Waals surface area contributed by atoms with Gasteiger partial charge in [-0.05, 0) is 35.6 Å². The summed E-state index contributed by atoms with van der Waals surface area (Å²) in [5, 5.41) is 16.2. The predicted molar refractivity (Wildman–Crippen MR) is 154 cm³/mol. The number of carbonyl (C=O) groups is 1. The van der Waals surface area contributed by atoms with Gasteiger partial charge in [0.1, 0.15) is 5.75 Å². The lowest BCUT2D eigenvalue weighted by atomic mass is 9.50. The minimum absolute atomic E-state index is 0.161. The Bertz CT molecular complexity index is 1380. The monoisotopic (exact) mass is 517 g/mol. The zero-order valence-electron chi connectivity index (χ0n) is 22.3. The minimum atomic E-state index is -1.14. The van der Waals surface area contributed by atoms with Crippen LogP contribution in [0.15, 0.2) is 115 Å². The fourth-order valence-corrected chi connectivity index (χ4v) is 7.44. The van der Waals surface area contributed by atoms with Crippen LogP contribution < -0.4 is 10.1 Å². The van der Waals surface area contributed by atoms with Crippen molar-refractivity contribution in [1.29, 1.82) is 0 Å². The Morgan fingerprint density at radius 1 is 0.821 bits per heavy atom. The van der Waals surface area contributed by atoms with Gasteiger partial charge in [0, 0.05) is 35.8 Å². The first-order chi connectivity index (χ1) is 19.1. The molecule has 2 fully saturated rings. The van der Waals surface area contributed by atoms with Gasteiger partial charge in [-0.15, -0.1) is 0 Å². The van der Waals surface area contributed by atoms with Gasteiger partial charge in [0.05, 0.1) is 18.8 Å². The molecular formula is C35H35NO3. The van der Waals surface area contributed by atoms with Gasteiger partial charge < -0.3 is 15.2 Å². The standard InChI is InChI=1S/C35H35NO3/c1-39-31-20-12-11-19-28(31)35(38)22-21-34(26-15-7-3-8-16-26,27-17-9-4-10-18-27)32-29(35)24-36-33(32)30(37)23-25-13-5-2-6-14-25/h2-20,29,32-33,36,38H,21-24H2,1H3. The van der Waals surface area contributed by atoms with Crippen molar-refractivity contribution >= 4 is 5.78 Å². The van der Waals surface area contributed by atoms with Gasteiger partial charge in [-0.3, -0.25) is 4.79 Å². The van der Waals surface area contributed by atoms with Crippen LogP contribution in [0.25, 0.3) is 0 Å². The summed E-state index contributed by atoms with van der Waals surface area (Å²) in [6.07, 6.45) is 1.61. The molecular weight excluding hydrogens is 482 g/mol. The summed E-state index contributed by atoms with van der Waals surface area (Å²) in [6.45, 7) is 0.547. The SMILES string of the molecule is COc1ccccc1C1(O)CCC(c2ccccc2)(c2ccccc2)C2C(C(=O)Cc3ccccc3)NCC21.